The Bertz CT molecular complexity index is 1270. The number of thiophene rings is 1. The van der Waals surface area contributed by atoms with E-state index in [0.717, 1.165) is 17.4 Å². The van der Waals surface area contributed by atoms with E-state index in [-0.39, 0.29) is 44.3 Å². The summed E-state index contributed by atoms with van der Waals surface area (Å²) in [5.74, 6) is -1.93. The SMILES string of the molecule is COC(=O)c1c(NC(=O)c2ccn(COc3ccc([N+](=O)[O-])cc3Cl)n2)sc(C(N)=O)c1C. The first-order chi connectivity index (χ1) is 15.6. The third-order valence-electron chi connectivity index (χ3n) is 4.34. The highest BCUT2D eigenvalue weighted by atomic mass is 35.5. The minimum absolute atomic E-state index is 0.00381. The van der Waals surface area contributed by atoms with Gasteiger partial charge in [-0.25, -0.2) is 9.48 Å². The second-order valence-electron chi connectivity index (χ2n) is 6.46. The summed E-state index contributed by atoms with van der Waals surface area (Å²) in [5.41, 5.74) is 5.48. The number of non-ortho nitro benzene ring substituents is 1. The van der Waals surface area contributed by atoms with Crippen LogP contribution in [0.15, 0.2) is 30.5 Å². The summed E-state index contributed by atoms with van der Waals surface area (Å²) < 4.78 is 11.5. The van der Waals surface area contributed by atoms with E-state index in [1.807, 2.05) is 0 Å². The van der Waals surface area contributed by atoms with Crippen LogP contribution in [-0.2, 0) is 11.5 Å². The summed E-state index contributed by atoms with van der Waals surface area (Å²) in [6.45, 7) is 1.38. The van der Waals surface area contributed by atoms with Crippen LogP contribution in [0.1, 0.15) is 36.1 Å². The molecule has 33 heavy (non-hydrogen) atoms. The van der Waals surface area contributed by atoms with Gasteiger partial charge in [0.2, 0.25) is 0 Å². The first kappa shape index (κ1) is 23.7. The number of anilines is 1. The Kier molecular flexibility index (Phi) is 6.94. The number of carbonyl (C=O) groups excluding carboxylic acids is 3. The van der Waals surface area contributed by atoms with Gasteiger partial charge in [0.1, 0.15) is 10.8 Å². The largest absolute Gasteiger partial charge is 0.470 e. The van der Waals surface area contributed by atoms with Crippen molar-refractivity contribution in [2.24, 2.45) is 5.73 Å². The summed E-state index contributed by atoms with van der Waals surface area (Å²) in [6.07, 6.45) is 1.46. The molecule has 0 fully saturated rings. The van der Waals surface area contributed by atoms with Crippen LogP contribution in [-0.4, -0.2) is 39.6 Å². The number of esters is 1. The Hall–Kier alpha value is -3.97. The number of primary amides is 1. The lowest BCUT2D eigenvalue weighted by Crippen LogP contribution is -2.16. The Morgan fingerprint density at radius 2 is 2.06 bits per heavy atom. The van der Waals surface area contributed by atoms with Gasteiger partial charge >= 0.3 is 5.97 Å². The number of nitro benzene ring substituents is 1. The fraction of sp³-hybridized carbons (Fsp3) is 0.158. The fourth-order valence-corrected chi connectivity index (χ4v) is 4.03. The zero-order valence-corrected chi connectivity index (χ0v) is 18.7. The number of carbonyl (C=O) groups is 3. The Morgan fingerprint density at radius 1 is 1.33 bits per heavy atom. The van der Waals surface area contributed by atoms with Crippen LogP contribution in [0, 0.1) is 17.0 Å². The number of halogens is 1. The first-order valence-electron chi connectivity index (χ1n) is 9.05. The molecular formula is C19H16ClN5O7S. The number of nitrogens with zero attached hydrogens (tertiary/aromatic N) is 3. The van der Waals surface area contributed by atoms with E-state index in [0.29, 0.717) is 5.56 Å². The summed E-state index contributed by atoms with van der Waals surface area (Å²) in [7, 11) is 1.17. The van der Waals surface area contributed by atoms with Crippen LogP contribution in [0.2, 0.25) is 5.02 Å². The second-order valence-corrected chi connectivity index (χ2v) is 7.88. The van der Waals surface area contributed by atoms with Gasteiger partial charge in [-0.1, -0.05) is 11.6 Å². The van der Waals surface area contributed by atoms with Gasteiger partial charge in [-0.15, -0.1) is 11.3 Å². The highest BCUT2D eigenvalue weighted by Crippen LogP contribution is 2.34. The van der Waals surface area contributed by atoms with Crippen LogP contribution in [0.4, 0.5) is 10.7 Å². The molecule has 3 N–H and O–H groups in total. The number of aromatic nitrogens is 2. The molecular weight excluding hydrogens is 478 g/mol. The second kappa shape index (κ2) is 9.67. The molecule has 0 aliphatic carbocycles. The lowest BCUT2D eigenvalue weighted by Gasteiger charge is -2.08. The van der Waals surface area contributed by atoms with Crippen LogP contribution >= 0.6 is 22.9 Å². The zero-order chi connectivity index (χ0) is 24.3. The molecule has 1 aromatic carbocycles. The summed E-state index contributed by atoms with van der Waals surface area (Å²) in [4.78, 5) is 46.7. The topological polar surface area (TPSA) is 169 Å². The molecule has 2 aromatic heterocycles. The minimum Gasteiger partial charge on any atom is -0.470 e. The average molecular weight is 494 g/mol. The number of nitrogens with one attached hydrogen (secondary N) is 1. The molecule has 0 atom stereocenters. The molecule has 0 bridgehead atoms. The van der Waals surface area contributed by atoms with Gasteiger partial charge in [-0.05, 0) is 24.6 Å². The molecule has 2 amide bonds. The quantitative estimate of drug-likeness (QED) is 0.274. The molecule has 0 saturated carbocycles. The van der Waals surface area contributed by atoms with E-state index in [1.165, 1.54) is 43.1 Å². The number of hydrogen-bond acceptors (Lipinski definition) is 9. The summed E-state index contributed by atoms with van der Waals surface area (Å²) in [6, 6.07) is 5.15. The third kappa shape index (κ3) is 5.10. The minimum atomic E-state index is -0.741. The van der Waals surface area contributed by atoms with Gasteiger partial charge in [0, 0.05) is 18.3 Å². The van der Waals surface area contributed by atoms with Crippen molar-refractivity contribution in [2.45, 2.75) is 13.7 Å². The number of methoxy groups -OCH3 is 1. The van der Waals surface area contributed by atoms with E-state index in [9.17, 15) is 24.5 Å². The van der Waals surface area contributed by atoms with Gasteiger partial charge in [-0.2, -0.15) is 5.10 Å². The molecule has 0 radical (unpaired) electrons. The van der Waals surface area contributed by atoms with Crippen molar-refractivity contribution in [3.05, 3.63) is 67.3 Å². The predicted molar refractivity (Wildman–Crippen MR) is 118 cm³/mol. The number of ether oxygens (including phenoxy) is 2. The lowest BCUT2D eigenvalue weighted by molar-refractivity contribution is -0.384. The monoisotopic (exact) mass is 493 g/mol. The molecule has 12 nitrogen and oxygen atoms in total. The molecule has 0 aliphatic rings. The smallest absolute Gasteiger partial charge is 0.341 e. The van der Waals surface area contributed by atoms with Gasteiger partial charge in [0.25, 0.3) is 17.5 Å². The Balaban J connectivity index is 1.73. The highest BCUT2D eigenvalue weighted by molar-refractivity contribution is 7.18. The van der Waals surface area contributed by atoms with Crippen molar-refractivity contribution >= 4 is 51.4 Å². The molecule has 14 heteroatoms. The van der Waals surface area contributed by atoms with Crippen molar-refractivity contribution in [3.63, 3.8) is 0 Å². The number of rotatable bonds is 8. The first-order valence-corrected chi connectivity index (χ1v) is 10.2. The molecule has 0 spiro atoms. The number of benzene rings is 1. The van der Waals surface area contributed by atoms with Crippen molar-refractivity contribution in [3.8, 4) is 5.75 Å². The van der Waals surface area contributed by atoms with E-state index in [2.05, 4.69) is 10.4 Å². The van der Waals surface area contributed by atoms with Crippen LogP contribution in [0.5, 0.6) is 5.75 Å². The van der Waals surface area contributed by atoms with Crippen LogP contribution < -0.4 is 15.8 Å². The van der Waals surface area contributed by atoms with Crippen molar-refractivity contribution in [1.82, 2.24) is 9.78 Å². The highest BCUT2D eigenvalue weighted by Gasteiger charge is 2.26. The van der Waals surface area contributed by atoms with E-state index < -0.39 is 22.7 Å². The molecule has 3 rings (SSSR count). The predicted octanol–water partition coefficient (Wildman–Crippen LogP) is 2.99. The van der Waals surface area contributed by atoms with Crippen molar-refractivity contribution in [2.75, 3.05) is 12.4 Å². The third-order valence-corrected chi connectivity index (χ3v) is 5.86. The Morgan fingerprint density at radius 3 is 2.67 bits per heavy atom. The maximum atomic E-state index is 12.6. The standard InChI is InChI=1S/C19H16ClN5O7S/c1-9-14(19(28)31-2)18(33-15(9)16(21)26)22-17(27)12-5-6-24(23-12)8-32-13-4-3-10(25(29)30)7-11(13)20/h3-7H,8H2,1-2H3,(H2,21,26)(H,22,27). The summed E-state index contributed by atoms with van der Waals surface area (Å²) in [5, 5.41) is 17.5. The molecule has 0 saturated heterocycles. The van der Waals surface area contributed by atoms with E-state index in [1.54, 1.807) is 0 Å². The van der Waals surface area contributed by atoms with Gasteiger partial charge < -0.3 is 20.5 Å². The van der Waals surface area contributed by atoms with E-state index >= 15 is 0 Å². The fourth-order valence-electron chi connectivity index (χ4n) is 2.76. The maximum Gasteiger partial charge on any atom is 0.341 e. The van der Waals surface area contributed by atoms with E-state index in [4.69, 9.17) is 26.8 Å². The van der Waals surface area contributed by atoms with Crippen molar-refractivity contribution in [1.29, 1.82) is 0 Å². The molecule has 2 heterocycles. The molecule has 172 valence electrons. The van der Waals surface area contributed by atoms with Crippen LogP contribution in [0.3, 0.4) is 0 Å². The number of hydrogen-bond donors (Lipinski definition) is 2. The normalized spacial score (nSPS) is 10.5. The lowest BCUT2D eigenvalue weighted by atomic mass is 10.1. The van der Waals surface area contributed by atoms with Gasteiger partial charge in [0.15, 0.2) is 12.4 Å². The number of amides is 2. The van der Waals surface area contributed by atoms with Gasteiger partial charge in [-0.3, -0.25) is 19.7 Å². The molecule has 0 unspecified atom stereocenters. The summed E-state index contributed by atoms with van der Waals surface area (Å²) >= 11 is 6.83. The average Bonchev–Trinajstić information content (AvgIpc) is 3.37. The van der Waals surface area contributed by atoms with Crippen molar-refractivity contribution < 1.29 is 28.8 Å². The number of nitro groups is 1. The Labute approximate surface area is 195 Å². The molecule has 3 aromatic rings. The maximum absolute atomic E-state index is 12.6. The number of nitrogens with two attached hydrogens (primary N) is 1. The van der Waals surface area contributed by atoms with Gasteiger partial charge in [0.05, 0.1) is 27.5 Å². The van der Waals surface area contributed by atoms with Crippen LogP contribution in [0.25, 0.3) is 0 Å². The zero-order valence-electron chi connectivity index (χ0n) is 17.2. The molecule has 0 aliphatic heterocycles.